The van der Waals surface area contributed by atoms with Crippen LogP contribution in [0.5, 0.6) is 0 Å². The molecular formula is C38H44N4O7. The van der Waals surface area contributed by atoms with E-state index in [1.165, 1.54) is 15.2 Å². The molecule has 2 aromatic carbocycles. The molecule has 0 saturated carbocycles. The van der Waals surface area contributed by atoms with E-state index in [-0.39, 0.29) is 54.0 Å². The lowest BCUT2D eigenvalue weighted by Crippen LogP contribution is -2.38. The Hall–Kier alpha value is -5.16. The smallest absolute Gasteiger partial charge is 0.329 e. The number of hydrogen-bond acceptors (Lipinski definition) is 7. The van der Waals surface area contributed by atoms with Gasteiger partial charge >= 0.3 is 11.4 Å². The van der Waals surface area contributed by atoms with Crippen LogP contribution in [0.1, 0.15) is 105 Å². The van der Waals surface area contributed by atoms with Gasteiger partial charge in [-0.1, -0.05) is 68.2 Å². The summed E-state index contributed by atoms with van der Waals surface area (Å²) in [6.45, 7) is 19.6. The molecule has 11 heteroatoms. The Morgan fingerprint density at radius 2 is 1.10 bits per heavy atom. The van der Waals surface area contributed by atoms with Gasteiger partial charge in [-0.05, 0) is 63.8 Å². The minimum Gasteiger partial charge on any atom is -0.371 e. The van der Waals surface area contributed by atoms with Gasteiger partial charge in [0.15, 0.2) is 0 Å². The van der Waals surface area contributed by atoms with Crippen molar-refractivity contribution in [3.63, 3.8) is 0 Å². The van der Waals surface area contributed by atoms with Crippen LogP contribution >= 0.6 is 0 Å². The van der Waals surface area contributed by atoms with Gasteiger partial charge in [-0.3, -0.25) is 38.3 Å². The Labute approximate surface area is 284 Å². The molecule has 0 radical (unpaired) electrons. The lowest BCUT2D eigenvalue weighted by molar-refractivity contribution is 0.101. The zero-order valence-electron chi connectivity index (χ0n) is 29.4. The van der Waals surface area contributed by atoms with Gasteiger partial charge in [-0.2, -0.15) is 0 Å². The Morgan fingerprint density at radius 1 is 0.735 bits per heavy atom. The van der Waals surface area contributed by atoms with E-state index < -0.39 is 22.5 Å². The van der Waals surface area contributed by atoms with Crippen LogP contribution in [0.2, 0.25) is 0 Å². The van der Waals surface area contributed by atoms with E-state index in [1.54, 1.807) is 24.3 Å². The number of aromatic amines is 2. The highest BCUT2D eigenvalue weighted by Gasteiger charge is 2.30. The van der Waals surface area contributed by atoms with E-state index in [0.717, 1.165) is 22.3 Å². The summed E-state index contributed by atoms with van der Waals surface area (Å²) in [7, 11) is 0. The molecule has 0 spiro atoms. The van der Waals surface area contributed by atoms with Gasteiger partial charge in [0, 0.05) is 28.8 Å². The highest BCUT2D eigenvalue weighted by molar-refractivity contribution is 6.09. The summed E-state index contributed by atoms with van der Waals surface area (Å²) >= 11 is 0. The van der Waals surface area contributed by atoms with E-state index in [1.807, 2.05) is 67.5 Å². The Kier molecular flexibility index (Phi) is 11.2. The number of allylic oxidation sites excluding steroid dienone is 1. The highest BCUT2D eigenvalue weighted by Crippen LogP contribution is 2.22. The first kappa shape index (κ1) is 36.7. The molecule has 258 valence electrons. The average Bonchev–Trinajstić information content (AvgIpc) is 3.82. The molecule has 0 amide bonds. The minimum absolute atomic E-state index is 0.0885. The fourth-order valence-electron chi connectivity index (χ4n) is 6.07. The monoisotopic (exact) mass is 668 g/mol. The summed E-state index contributed by atoms with van der Waals surface area (Å²) in [4.78, 5) is 80.2. The van der Waals surface area contributed by atoms with Crippen molar-refractivity contribution in [1.82, 2.24) is 19.1 Å². The average molecular weight is 669 g/mol. The number of nitrogens with zero attached hydrogens (tertiary/aromatic N) is 2. The van der Waals surface area contributed by atoms with Crippen LogP contribution in [-0.2, 0) is 17.8 Å². The second-order valence-corrected chi connectivity index (χ2v) is 13.2. The molecule has 2 aromatic heterocycles. The molecular weight excluding hydrogens is 624 g/mol. The number of ketones is 2. The number of carbonyl (C=O) groups is 2. The number of aromatic nitrogens is 4. The number of aryl methyl sites for hydroxylation is 4. The summed E-state index contributed by atoms with van der Waals surface area (Å²) in [6.07, 6.45) is 1.44. The molecule has 0 bridgehead atoms. The van der Waals surface area contributed by atoms with Crippen molar-refractivity contribution >= 4 is 11.6 Å². The van der Waals surface area contributed by atoms with Crippen LogP contribution in [-0.4, -0.2) is 43.4 Å². The van der Waals surface area contributed by atoms with Gasteiger partial charge in [0.2, 0.25) is 11.6 Å². The fourth-order valence-corrected chi connectivity index (χ4v) is 6.07. The number of hydrogen-bond donors (Lipinski definition) is 2. The molecule has 1 fully saturated rings. The third-order valence-corrected chi connectivity index (χ3v) is 8.12. The van der Waals surface area contributed by atoms with Crippen molar-refractivity contribution < 1.29 is 14.3 Å². The molecule has 1 aliphatic heterocycles. The zero-order valence-corrected chi connectivity index (χ0v) is 29.4. The van der Waals surface area contributed by atoms with Crippen LogP contribution in [0.4, 0.5) is 0 Å². The van der Waals surface area contributed by atoms with Gasteiger partial charge < -0.3 is 4.74 Å². The van der Waals surface area contributed by atoms with Gasteiger partial charge in [-0.25, -0.2) is 9.59 Å². The van der Waals surface area contributed by atoms with E-state index >= 15 is 0 Å². The fraction of sp³-hybridized carbons (Fsp3) is 0.368. The molecule has 5 rings (SSSR count). The number of H-pyrrole nitrogens is 2. The summed E-state index contributed by atoms with van der Waals surface area (Å²) in [5, 5.41) is 0. The molecule has 0 aliphatic carbocycles. The predicted octanol–water partition coefficient (Wildman–Crippen LogP) is 4.60. The van der Waals surface area contributed by atoms with Crippen LogP contribution in [0.3, 0.4) is 0 Å². The molecule has 1 atom stereocenters. The van der Waals surface area contributed by atoms with Gasteiger partial charge in [0.1, 0.15) is 11.4 Å². The van der Waals surface area contributed by atoms with E-state index in [9.17, 15) is 28.8 Å². The first-order chi connectivity index (χ1) is 23.0. The maximum absolute atomic E-state index is 13.2. The third kappa shape index (κ3) is 8.29. The number of epoxide rings is 1. The number of nitrogens with one attached hydrogen (secondary N) is 2. The Balaban J connectivity index is 0.000000221. The lowest BCUT2D eigenvalue weighted by Gasteiger charge is -2.17. The van der Waals surface area contributed by atoms with Crippen LogP contribution in [0.25, 0.3) is 0 Å². The minimum atomic E-state index is -0.600. The zero-order chi connectivity index (χ0) is 36.3. The van der Waals surface area contributed by atoms with Crippen LogP contribution in [0, 0.1) is 27.7 Å². The van der Waals surface area contributed by atoms with Gasteiger partial charge in [0.05, 0.1) is 19.3 Å². The first-order valence-corrected chi connectivity index (χ1v) is 16.3. The Bertz CT molecular complexity index is 2140. The van der Waals surface area contributed by atoms with Crippen molar-refractivity contribution in [3.05, 3.63) is 147 Å². The standard InChI is InChI=1S/C19H22N2O4.C19H22N2O3/c1-10(2)15-16(17(22)13-6-11(3)5-12(4)7-13)21(8-14-9-25-14)19(24)20-18(15)23;1-6-7-21-16(15(11(2)3)18(23)20-19(21)24)17(22)14-9-12(4)8-13(5)10-14/h5-7,10,14H,8-9H2,1-4H3,(H,20,23,24);6,8-11H,1,7H2,2-5H3,(H,20,23,24). The quantitative estimate of drug-likeness (QED) is 0.142. The van der Waals surface area contributed by atoms with Gasteiger partial charge in [-0.15, -0.1) is 6.58 Å². The third-order valence-electron chi connectivity index (χ3n) is 8.12. The Morgan fingerprint density at radius 3 is 1.45 bits per heavy atom. The maximum Gasteiger partial charge on any atom is 0.329 e. The molecule has 1 unspecified atom stereocenters. The van der Waals surface area contributed by atoms with E-state index in [4.69, 9.17) is 4.74 Å². The lowest BCUT2D eigenvalue weighted by atomic mass is 9.95. The van der Waals surface area contributed by atoms with Crippen molar-refractivity contribution in [2.75, 3.05) is 6.61 Å². The molecule has 49 heavy (non-hydrogen) atoms. The molecule has 11 nitrogen and oxygen atoms in total. The van der Waals surface area contributed by atoms with Crippen molar-refractivity contribution in [2.24, 2.45) is 0 Å². The largest absolute Gasteiger partial charge is 0.371 e. The van der Waals surface area contributed by atoms with Gasteiger partial charge in [0.25, 0.3) is 11.1 Å². The summed E-state index contributed by atoms with van der Waals surface area (Å²) in [6, 6.07) is 11.0. The van der Waals surface area contributed by atoms with E-state index in [0.29, 0.717) is 28.9 Å². The van der Waals surface area contributed by atoms with Crippen molar-refractivity contribution in [3.8, 4) is 0 Å². The van der Waals surface area contributed by atoms with Crippen molar-refractivity contribution in [2.45, 2.75) is 86.4 Å². The summed E-state index contributed by atoms with van der Waals surface area (Å²) in [5.41, 5.74) is 3.56. The summed E-state index contributed by atoms with van der Waals surface area (Å²) in [5.74, 6) is -1.02. The van der Waals surface area contributed by atoms with Crippen LogP contribution < -0.4 is 22.5 Å². The second kappa shape index (κ2) is 14.9. The van der Waals surface area contributed by atoms with Crippen LogP contribution in [0.15, 0.2) is 68.2 Å². The molecule has 2 N–H and O–H groups in total. The summed E-state index contributed by atoms with van der Waals surface area (Å²) < 4.78 is 7.85. The second-order valence-electron chi connectivity index (χ2n) is 13.2. The normalized spacial score (nSPS) is 13.6. The van der Waals surface area contributed by atoms with Crippen molar-refractivity contribution in [1.29, 1.82) is 0 Å². The highest BCUT2D eigenvalue weighted by atomic mass is 16.6. The molecule has 4 aromatic rings. The number of benzene rings is 2. The predicted molar refractivity (Wildman–Crippen MR) is 189 cm³/mol. The topological polar surface area (TPSA) is 156 Å². The molecule has 1 saturated heterocycles. The number of ether oxygens (including phenoxy) is 1. The van der Waals surface area contributed by atoms with E-state index in [2.05, 4.69) is 16.5 Å². The molecule has 1 aliphatic rings. The first-order valence-electron chi connectivity index (χ1n) is 16.3. The number of rotatable bonds is 10. The number of carbonyl (C=O) groups excluding carboxylic acids is 2. The maximum atomic E-state index is 13.2. The molecule has 3 heterocycles. The SMILES string of the molecule is C=CCn1c(C(=O)c2cc(C)cc(C)c2)c(C(C)C)c(=O)[nH]c1=O.Cc1cc(C)cc(C(=O)c2c(C(C)C)c(=O)[nH]c(=O)n2CC2CO2)c1.